The summed E-state index contributed by atoms with van der Waals surface area (Å²) < 4.78 is 5.18. The second kappa shape index (κ2) is 6.33. The van der Waals surface area contributed by atoms with Crippen molar-refractivity contribution in [3.63, 3.8) is 0 Å². The molecule has 0 saturated heterocycles. The van der Waals surface area contributed by atoms with E-state index in [4.69, 9.17) is 4.74 Å². The van der Waals surface area contributed by atoms with Crippen LogP contribution in [-0.4, -0.2) is 12.2 Å². The minimum absolute atomic E-state index is 0.211. The number of phenols is 1. The molecule has 0 aliphatic heterocycles. The minimum Gasteiger partial charge on any atom is -0.508 e. The molecule has 0 aliphatic carbocycles. The molecule has 1 atom stereocenters. The van der Waals surface area contributed by atoms with Gasteiger partial charge in [-0.3, -0.25) is 0 Å². The van der Waals surface area contributed by atoms with Crippen LogP contribution < -0.4 is 10.1 Å². The van der Waals surface area contributed by atoms with Gasteiger partial charge in [0, 0.05) is 11.8 Å². The van der Waals surface area contributed by atoms with Gasteiger partial charge in [0.15, 0.2) is 0 Å². The van der Waals surface area contributed by atoms with Crippen molar-refractivity contribution in [2.75, 3.05) is 12.4 Å². The zero-order valence-electron chi connectivity index (χ0n) is 12.2. The molecular weight excluding hydrogens is 250 g/mol. The first-order valence-electron chi connectivity index (χ1n) is 6.84. The van der Waals surface area contributed by atoms with E-state index in [1.54, 1.807) is 13.2 Å². The fourth-order valence-corrected chi connectivity index (χ4v) is 2.16. The van der Waals surface area contributed by atoms with E-state index in [1.165, 1.54) is 5.56 Å². The van der Waals surface area contributed by atoms with Gasteiger partial charge < -0.3 is 15.2 Å². The second-order valence-electron chi connectivity index (χ2n) is 4.88. The standard InChI is InChI=1S/C17H21NO2/c1-4-16(13-6-9-15(20-3)10-7-13)18-14-8-5-12(2)17(19)11-14/h5-11,16,18-19H,4H2,1-3H3. The van der Waals surface area contributed by atoms with Crippen molar-refractivity contribution in [2.24, 2.45) is 0 Å². The Bertz CT molecular complexity index is 564. The fourth-order valence-electron chi connectivity index (χ4n) is 2.16. The average molecular weight is 271 g/mol. The number of nitrogens with one attached hydrogen (secondary N) is 1. The Hall–Kier alpha value is -2.16. The molecule has 3 heteroatoms. The Balaban J connectivity index is 2.16. The topological polar surface area (TPSA) is 41.5 Å². The van der Waals surface area contributed by atoms with Crippen LogP contribution in [0.5, 0.6) is 11.5 Å². The monoisotopic (exact) mass is 271 g/mol. The molecule has 2 aromatic carbocycles. The number of phenolic OH excluding ortho intramolecular Hbond substituents is 1. The molecule has 2 N–H and O–H groups in total. The number of aromatic hydroxyl groups is 1. The van der Waals surface area contributed by atoms with E-state index < -0.39 is 0 Å². The first kappa shape index (κ1) is 14.3. The highest BCUT2D eigenvalue weighted by Crippen LogP contribution is 2.27. The molecule has 0 fully saturated rings. The van der Waals surface area contributed by atoms with Crippen LogP contribution in [0.1, 0.15) is 30.5 Å². The highest BCUT2D eigenvalue weighted by molar-refractivity contribution is 5.52. The summed E-state index contributed by atoms with van der Waals surface area (Å²) in [5.74, 6) is 1.18. The lowest BCUT2D eigenvalue weighted by Crippen LogP contribution is -2.09. The highest BCUT2D eigenvalue weighted by atomic mass is 16.5. The average Bonchev–Trinajstić information content (AvgIpc) is 2.48. The van der Waals surface area contributed by atoms with E-state index >= 15 is 0 Å². The molecule has 20 heavy (non-hydrogen) atoms. The molecule has 2 rings (SSSR count). The van der Waals surface area contributed by atoms with Crippen LogP contribution >= 0.6 is 0 Å². The number of aryl methyl sites for hydroxylation is 1. The zero-order chi connectivity index (χ0) is 14.5. The molecule has 3 nitrogen and oxygen atoms in total. The molecule has 1 unspecified atom stereocenters. The summed E-state index contributed by atoms with van der Waals surface area (Å²) in [6, 6.07) is 13.9. The van der Waals surface area contributed by atoms with E-state index in [1.807, 2.05) is 31.2 Å². The maximum absolute atomic E-state index is 9.77. The summed E-state index contributed by atoms with van der Waals surface area (Å²) in [4.78, 5) is 0. The van der Waals surface area contributed by atoms with Crippen molar-refractivity contribution in [2.45, 2.75) is 26.3 Å². The molecule has 0 spiro atoms. The quantitative estimate of drug-likeness (QED) is 0.853. The molecule has 106 valence electrons. The number of ether oxygens (including phenoxy) is 1. The third kappa shape index (κ3) is 3.23. The minimum atomic E-state index is 0.211. The highest BCUT2D eigenvalue weighted by Gasteiger charge is 2.10. The number of hydrogen-bond donors (Lipinski definition) is 2. The van der Waals surface area contributed by atoms with E-state index in [0.29, 0.717) is 5.75 Å². The number of hydrogen-bond acceptors (Lipinski definition) is 3. The van der Waals surface area contributed by atoms with Crippen LogP contribution in [0, 0.1) is 6.92 Å². The lowest BCUT2D eigenvalue weighted by molar-refractivity contribution is 0.414. The predicted molar refractivity (Wildman–Crippen MR) is 82.5 cm³/mol. The van der Waals surface area contributed by atoms with E-state index in [0.717, 1.165) is 23.4 Å². The maximum Gasteiger partial charge on any atom is 0.120 e. The van der Waals surface area contributed by atoms with Gasteiger partial charge in [-0.2, -0.15) is 0 Å². The first-order valence-corrected chi connectivity index (χ1v) is 6.84. The molecule has 2 aromatic rings. The number of anilines is 1. The van der Waals surface area contributed by atoms with Crippen molar-refractivity contribution in [3.05, 3.63) is 53.6 Å². The van der Waals surface area contributed by atoms with Crippen LogP contribution in [0.15, 0.2) is 42.5 Å². The van der Waals surface area contributed by atoms with Gasteiger partial charge in [-0.1, -0.05) is 25.1 Å². The molecule has 0 saturated carbocycles. The molecule has 0 aliphatic rings. The zero-order valence-corrected chi connectivity index (χ0v) is 12.2. The Morgan fingerprint density at radius 2 is 1.85 bits per heavy atom. The van der Waals surface area contributed by atoms with Crippen molar-refractivity contribution >= 4 is 5.69 Å². The van der Waals surface area contributed by atoms with Crippen LogP contribution in [0.25, 0.3) is 0 Å². The second-order valence-corrected chi connectivity index (χ2v) is 4.88. The van der Waals surface area contributed by atoms with Crippen LogP contribution in [0.4, 0.5) is 5.69 Å². The number of methoxy groups -OCH3 is 1. The third-order valence-electron chi connectivity index (χ3n) is 3.48. The fraction of sp³-hybridized carbons (Fsp3) is 0.294. The number of rotatable bonds is 5. The van der Waals surface area contributed by atoms with E-state index in [2.05, 4.69) is 24.4 Å². The van der Waals surface area contributed by atoms with Gasteiger partial charge in [-0.25, -0.2) is 0 Å². The van der Waals surface area contributed by atoms with Crippen molar-refractivity contribution in [3.8, 4) is 11.5 Å². The lowest BCUT2D eigenvalue weighted by Gasteiger charge is -2.19. The summed E-state index contributed by atoms with van der Waals surface area (Å²) in [5, 5.41) is 13.2. The summed E-state index contributed by atoms with van der Waals surface area (Å²) in [5.41, 5.74) is 3.01. The Kier molecular flexibility index (Phi) is 4.51. The van der Waals surface area contributed by atoms with Gasteiger partial charge in [-0.15, -0.1) is 0 Å². The Labute approximate surface area is 120 Å². The molecule has 0 aromatic heterocycles. The van der Waals surface area contributed by atoms with Gasteiger partial charge in [-0.05, 0) is 42.7 Å². The predicted octanol–water partition coefficient (Wildman–Crippen LogP) is 4.27. The molecule has 0 heterocycles. The summed E-state index contributed by atoms with van der Waals surface area (Å²) in [6.07, 6.45) is 0.959. The molecule has 0 amide bonds. The van der Waals surface area contributed by atoms with Gasteiger partial charge in [0.05, 0.1) is 13.2 Å². The van der Waals surface area contributed by atoms with E-state index in [-0.39, 0.29) is 6.04 Å². The third-order valence-corrected chi connectivity index (χ3v) is 3.48. The van der Waals surface area contributed by atoms with Gasteiger partial charge in [0.2, 0.25) is 0 Å². The maximum atomic E-state index is 9.77. The molecular formula is C17H21NO2. The van der Waals surface area contributed by atoms with Crippen LogP contribution in [0.3, 0.4) is 0 Å². The van der Waals surface area contributed by atoms with Crippen molar-refractivity contribution < 1.29 is 9.84 Å². The lowest BCUT2D eigenvalue weighted by atomic mass is 10.0. The summed E-state index contributed by atoms with van der Waals surface area (Å²) in [7, 11) is 1.67. The molecule has 0 radical (unpaired) electrons. The largest absolute Gasteiger partial charge is 0.508 e. The Morgan fingerprint density at radius 3 is 2.40 bits per heavy atom. The van der Waals surface area contributed by atoms with Gasteiger partial charge in [0.25, 0.3) is 0 Å². The van der Waals surface area contributed by atoms with Gasteiger partial charge in [0.1, 0.15) is 11.5 Å². The summed E-state index contributed by atoms with van der Waals surface area (Å²) in [6.45, 7) is 4.02. The van der Waals surface area contributed by atoms with Crippen molar-refractivity contribution in [1.29, 1.82) is 0 Å². The number of benzene rings is 2. The first-order chi connectivity index (χ1) is 9.63. The van der Waals surface area contributed by atoms with Crippen molar-refractivity contribution in [1.82, 2.24) is 0 Å². The van der Waals surface area contributed by atoms with E-state index in [9.17, 15) is 5.11 Å². The summed E-state index contributed by atoms with van der Waals surface area (Å²) >= 11 is 0. The Morgan fingerprint density at radius 1 is 1.15 bits per heavy atom. The SMILES string of the molecule is CCC(Nc1ccc(C)c(O)c1)c1ccc(OC)cc1. The smallest absolute Gasteiger partial charge is 0.120 e. The van der Waals surface area contributed by atoms with Gasteiger partial charge >= 0.3 is 0 Å². The van der Waals surface area contributed by atoms with Crippen LogP contribution in [0.2, 0.25) is 0 Å². The van der Waals surface area contributed by atoms with Crippen LogP contribution in [-0.2, 0) is 0 Å². The normalized spacial score (nSPS) is 11.9. The molecule has 0 bridgehead atoms.